The minimum atomic E-state index is -1.85. The lowest BCUT2D eigenvalue weighted by atomic mass is 10.1. The van der Waals surface area contributed by atoms with Crippen molar-refractivity contribution in [3.63, 3.8) is 0 Å². The molecule has 1 aromatic heterocycles. The highest BCUT2D eigenvalue weighted by atomic mass is 19.1. The van der Waals surface area contributed by atoms with Crippen LogP contribution >= 0.6 is 0 Å². The molecule has 8 heteroatoms. The molecule has 2 rings (SSSR count). The molecule has 0 spiro atoms. The molecule has 1 aliphatic heterocycles. The van der Waals surface area contributed by atoms with E-state index in [0.29, 0.717) is 0 Å². The molecule has 0 amide bonds. The average molecular weight is 246 g/mol. The maximum absolute atomic E-state index is 13.6. The van der Waals surface area contributed by atoms with Gasteiger partial charge in [-0.1, -0.05) is 0 Å². The first-order valence-electron chi connectivity index (χ1n) is 4.94. The summed E-state index contributed by atoms with van der Waals surface area (Å²) in [6.07, 6.45) is -4.73. The van der Waals surface area contributed by atoms with E-state index < -0.39 is 42.5 Å². The maximum atomic E-state index is 13.6. The molecule has 2 heterocycles. The first-order chi connectivity index (χ1) is 8.04. The highest BCUT2D eigenvalue weighted by Gasteiger charge is 2.45. The van der Waals surface area contributed by atoms with E-state index in [1.54, 1.807) is 0 Å². The Morgan fingerprint density at radius 1 is 1.53 bits per heavy atom. The van der Waals surface area contributed by atoms with Crippen LogP contribution in [0.3, 0.4) is 0 Å². The summed E-state index contributed by atoms with van der Waals surface area (Å²) in [6, 6.07) is 1.04. The van der Waals surface area contributed by atoms with Crippen LogP contribution in [0.15, 0.2) is 21.9 Å². The monoisotopic (exact) mass is 246 g/mol. The van der Waals surface area contributed by atoms with Crippen LogP contribution in [0.1, 0.15) is 6.23 Å². The second kappa shape index (κ2) is 4.40. The van der Waals surface area contributed by atoms with Crippen molar-refractivity contribution in [2.75, 3.05) is 6.61 Å². The Morgan fingerprint density at radius 2 is 2.24 bits per heavy atom. The number of ether oxygens (including phenoxy) is 1. The summed E-state index contributed by atoms with van der Waals surface area (Å²) in [4.78, 5) is 24.2. The minimum Gasteiger partial charge on any atom is -0.394 e. The molecule has 1 unspecified atom stereocenters. The Balaban J connectivity index is 2.35. The number of nitrogens with one attached hydrogen (secondary N) is 1. The molecule has 1 saturated heterocycles. The van der Waals surface area contributed by atoms with Crippen LogP contribution < -0.4 is 11.2 Å². The van der Waals surface area contributed by atoms with Gasteiger partial charge in [0.15, 0.2) is 12.4 Å². The van der Waals surface area contributed by atoms with Gasteiger partial charge in [0, 0.05) is 12.3 Å². The van der Waals surface area contributed by atoms with E-state index >= 15 is 0 Å². The van der Waals surface area contributed by atoms with E-state index in [2.05, 4.69) is 0 Å². The molecule has 0 radical (unpaired) electrons. The lowest BCUT2D eigenvalue weighted by Crippen LogP contribution is -2.35. The van der Waals surface area contributed by atoms with Crippen LogP contribution in [0.4, 0.5) is 4.39 Å². The standard InChI is InChI=1S/C9H11FN2O5/c10-6-7(15)4(3-13)17-8(6)12-2-1-5(14)11-9(12)16/h1-2,4,6-8,13,15H,3H2,(H,11,14,16)/t4-,6?,7+,8-/m0/s1. The molecule has 3 N–H and O–H groups in total. The number of H-pyrrole nitrogens is 1. The quantitative estimate of drug-likeness (QED) is 0.567. The van der Waals surface area contributed by atoms with Crippen molar-refractivity contribution in [3.05, 3.63) is 33.1 Å². The molecule has 1 fully saturated rings. The number of hydrogen-bond donors (Lipinski definition) is 3. The van der Waals surface area contributed by atoms with E-state index in [1.807, 2.05) is 4.98 Å². The predicted molar refractivity (Wildman–Crippen MR) is 53.2 cm³/mol. The lowest BCUT2D eigenvalue weighted by Gasteiger charge is -2.15. The van der Waals surface area contributed by atoms with Gasteiger partial charge in [-0.25, -0.2) is 9.18 Å². The molecular formula is C9H11FN2O5. The second-order valence-electron chi connectivity index (χ2n) is 3.70. The normalized spacial score (nSPS) is 32.9. The molecule has 1 aliphatic rings. The summed E-state index contributed by atoms with van der Waals surface area (Å²) in [5, 5.41) is 18.2. The third-order valence-electron chi connectivity index (χ3n) is 2.60. The van der Waals surface area contributed by atoms with Crippen molar-refractivity contribution in [3.8, 4) is 0 Å². The van der Waals surface area contributed by atoms with Gasteiger partial charge in [-0.2, -0.15) is 0 Å². The number of aromatic nitrogens is 2. The number of rotatable bonds is 2. The number of aliphatic hydroxyl groups excluding tert-OH is 2. The smallest absolute Gasteiger partial charge is 0.330 e. The topological polar surface area (TPSA) is 105 Å². The van der Waals surface area contributed by atoms with Crippen molar-refractivity contribution in [2.45, 2.75) is 24.6 Å². The van der Waals surface area contributed by atoms with E-state index in [-0.39, 0.29) is 0 Å². The van der Waals surface area contributed by atoms with Crippen LogP contribution in [-0.2, 0) is 4.74 Å². The summed E-state index contributed by atoms with van der Waals surface area (Å²) >= 11 is 0. The molecule has 0 bridgehead atoms. The van der Waals surface area contributed by atoms with E-state index in [0.717, 1.165) is 16.8 Å². The zero-order valence-corrected chi connectivity index (χ0v) is 8.62. The van der Waals surface area contributed by atoms with E-state index in [1.165, 1.54) is 0 Å². The fraction of sp³-hybridized carbons (Fsp3) is 0.556. The zero-order valence-electron chi connectivity index (χ0n) is 8.62. The number of aromatic amines is 1. The minimum absolute atomic E-state index is 0.559. The third-order valence-corrected chi connectivity index (χ3v) is 2.60. The molecule has 4 atom stereocenters. The number of nitrogens with zero attached hydrogens (tertiary/aromatic N) is 1. The molecule has 0 saturated carbocycles. The van der Waals surface area contributed by atoms with Crippen molar-refractivity contribution in [1.82, 2.24) is 9.55 Å². The van der Waals surface area contributed by atoms with Crippen molar-refractivity contribution in [1.29, 1.82) is 0 Å². The first-order valence-corrected chi connectivity index (χ1v) is 4.94. The Hall–Kier alpha value is -1.51. The Bertz CT molecular complexity index is 513. The number of hydrogen-bond acceptors (Lipinski definition) is 5. The van der Waals surface area contributed by atoms with Crippen LogP contribution in [0.25, 0.3) is 0 Å². The summed E-state index contributed by atoms with van der Waals surface area (Å²) in [6.45, 7) is -0.559. The first kappa shape index (κ1) is 12.0. The molecular weight excluding hydrogens is 235 g/mol. The van der Waals surface area contributed by atoms with E-state index in [4.69, 9.17) is 9.84 Å². The van der Waals surface area contributed by atoms with Crippen molar-refractivity contribution < 1.29 is 19.3 Å². The lowest BCUT2D eigenvalue weighted by molar-refractivity contribution is -0.0491. The van der Waals surface area contributed by atoms with Crippen LogP contribution in [0, 0.1) is 0 Å². The molecule has 1 aromatic rings. The van der Waals surface area contributed by atoms with Gasteiger partial charge >= 0.3 is 5.69 Å². The second-order valence-corrected chi connectivity index (χ2v) is 3.70. The van der Waals surface area contributed by atoms with Gasteiger partial charge in [0.25, 0.3) is 5.56 Å². The Morgan fingerprint density at radius 3 is 2.76 bits per heavy atom. The van der Waals surface area contributed by atoms with Crippen LogP contribution in [0.5, 0.6) is 0 Å². The predicted octanol–water partition coefficient (Wildman–Crippen LogP) is -1.87. The van der Waals surface area contributed by atoms with E-state index in [9.17, 15) is 19.1 Å². The van der Waals surface area contributed by atoms with Crippen molar-refractivity contribution in [2.24, 2.45) is 0 Å². The average Bonchev–Trinajstić information content (AvgIpc) is 2.57. The van der Waals surface area contributed by atoms with Gasteiger partial charge in [-0.3, -0.25) is 14.3 Å². The molecule has 17 heavy (non-hydrogen) atoms. The van der Waals surface area contributed by atoms with Gasteiger partial charge in [-0.05, 0) is 0 Å². The highest BCUT2D eigenvalue weighted by molar-refractivity contribution is 4.93. The number of aliphatic hydroxyl groups is 2. The number of halogens is 1. The SMILES string of the molecule is O=c1ccn([C@H]2O[C@@H](CO)[C@@H](O)C2F)c(=O)[nH]1. The molecule has 94 valence electrons. The summed E-state index contributed by atoms with van der Waals surface area (Å²) < 4.78 is 19.5. The highest BCUT2D eigenvalue weighted by Crippen LogP contribution is 2.30. The summed E-state index contributed by atoms with van der Waals surface area (Å²) in [7, 11) is 0. The summed E-state index contributed by atoms with van der Waals surface area (Å²) in [5.41, 5.74) is -1.45. The fourth-order valence-corrected chi connectivity index (χ4v) is 1.71. The Kier molecular flexibility index (Phi) is 3.09. The maximum Gasteiger partial charge on any atom is 0.330 e. The van der Waals surface area contributed by atoms with Crippen LogP contribution in [-0.4, -0.2) is 44.8 Å². The van der Waals surface area contributed by atoms with Gasteiger partial charge in [0.2, 0.25) is 0 Å². The summed E-state index contributed by atoms with van der Waals surface area (Å²) in [5.74, 6) is 0. The van der Waals surface area contributed by atoms with Gasteiger partial charge < -0.3 is 14.9 Å². The van der Waals surface area contributed by atoms with Crippen LogP contribution in [0.2, 0.25) is 0 Å². The van der Waals surface area contributed by atoms with Gasteiger partial charge in [-0.15, -0.1) is 0 Å². The molecule has 7 nitrogen and oxygen atoms in total. The third kappa shape index (κ3) is 2.02. The van der Waals surface area contributed by atoms with Gasteiger partial charge in [0.05, 0.1) is 6.61 Å². The largest absolute Gasteiger partial charge is 0.394 e. The van der Waals surface area contributed by atoms with Gasteiger partial charge in [0.1, 0.15) is 12.2 Å². The van der Waals surface area contributed by atoms with Crippen molar-refractivity contribution >= 4 is 0 Å². The Labute approximate surface area is 94.1 Å². The molecule has 0 aliphatic carbocycles. The fourth-order valence-electron chi connectivity index (χ4n) is 1.71. The molecule has 0 aromatic carbocycles. The number of alkyl halides is 1. The zero-order chi connectivity index (χ0) is 12.6.